The van der Waals surface area contributed by atoms with Crippen molar-refractivity contribution in [2.75, 3.05) is 0 Å². The van der Waals surface area contributed by atoms with E-state index in [1.165, 1.54) is 15.1 Å². The first-order chi connectivity index (χ1) is 3.39. The monoisotopic (exact) mass is 93.0 g/mol. The Kier molecular flexibility index (Phi) is 1.75. The topological polar surface area (TPSA) is 50.4 Å². The molecule has 0 aromatic rings. The standard InChI is InChI=1S/B3H2N3O/c7-6-2-4-1-5-3-6/h4-5H/q-1. The minimum atomic E-state index is 0.639. The molecule has 0 aromatic carbocycles. The Morgan fingerprint density at radius 1 is 1.29 bits per heavy atom. The molecule has 0 aromatic heterocycles. The highest BCUT2D eigenvalue weighted by molar-refractivity contribution is 6.65. The van der Waals surface area contributed by atoms with Gasteiger partial charge in [0.15, 0.2) is 0 Å². The third kappa shape index (κ3) is 1.52. The van der Waals surface area contributed by atoms with Gasteiger partial charge in [0, 0.05) is 0 Å². The van der Waals surface area contributed by atoms with Crippen LogP contribution >= 0.6 is 0 Å². The van der Waals surface area contributed by atoms with Crippen LogP contribution in [0.2, 0.25) is 0 Å². The summed E-state index contributed by atoms with van der Waals surface area (Å²) in [6.07, 6.45) is 0. The van der Waals surface area contributed by atoms with Gasteiger partial charge in [0.05, 0.1) is 0 Å². The summed E-state index contributed by atoms with van der Waals surface area (Å²) in [5.74, 6) is 0. The van der Waals surface area contributed by atoms with Crippen LogP contribution in [0, 0.1) is 5.21 Å². The van der Waals surface area contributed by atoms with E-state index in [1.807, 2.05) is 0 Å². The van der Waals surface area contributed by atoms with Crippen LogP contribution in [0.3, 0.4) is 0 Å². The smallest absolute Gasteiger partial charge is 0.284 e. The van der Waals surface area contributed by atoms with Gasteiger partial charge in [0.1, 0.15) is 0 Å². The summed E-state index contributed by atoms with van der Waals surface area (Å²) in [5.41, 5.74) is 0. The normalized spacial score (nSPS) is 21.9. The van der Waals surface area contributed by atoms with Crippen molar-refractivity contribution in [2.24, 2.45) is 0 Å². The summed E-state index contributed by atoms with van der Waals surface area (Å²) in [4.78, 5) is 0.639. The Labute approximate surface area is 44.1 Å². The van der Waals surface area contributed by atoms with E-state index in [0.717, 1.165) is 0 Å². The van der Waals surface area contributed by atoms with E-state index in [0.29, 0.717) is 4.89 Å². The van der Waals surface area contributed by atoms with Crippen molar-refractivity contribution >= 4 is 22.6 Å². The lowest BCUT2D eigenvalue weighted by Gasteiger charge is -2.30. The molecule has 0 bridgehead atoms. The van der Waals surface area contributed by atoms with Gasteiger partial charge in [-0.25, -0.2) is 0 Å². The number of rotatable bonds is 0. The minimum Gasteiger partial charge on any atom is -0.806 e. The van der Waals surface area contributed by atoms with Gasteiger partial charge < -0.3 is 20.4 Å². The Hall–Kier alpha value is 0.0348. The maximum absolute atomic E-state index is 10.1. The maximum atomic E-state index is 10.1. The van der Waals surface area contributed by atoms with E-state index < -0.39 is 0 Å². The zero-order chi connectivity index (χ0) is 5.11. The van der Waals surface area contributed by atoms with Crippen molar-refractivity contribution in [2.45, 2.75) is 0 Å². The first kappa shape index (κ1) is 5.18. The lowest BCUT2D eigenvalue weighted by molar-refractivity contribution is 0.896. The first-order valence-electron chi connectivity index (χ1n) is 1.85. The molecule has 7 heteroatoms. The van der Waals surface area contributed by atoms with E-state index in [-0.39, 0.29) is 0 Å². The number of hydrogen-bond donors (Lipinski definition) is 2. The minimum absolute atomic E-state index is 0.639. The third-order valence-corrected chi connectivity index (χ3v) is 0.570. The molecule has 33 valence electrons. The lowest BCUT2D eigenvalue weighted by atomic mass is 9.84. The lowest BCUT2D eigenvalue weighted by Crippen LogP contribution is -2.55. The van der Waals surface area contributed by atoms with E-state index >= 15 is 0 Å². The van der Waals surface area contributed by atoms with Crippen LogP contribution in [-0.2, 0) is 0 Å². The summed E-state index contributed by atoms with van der Waals surface area (Å²) >= 11 is 0. The molecule has 1 heterocycles. The largest absolute Gasteiger partial charge is 0.806 e. The Balaban J connectivity index is 2.12. The van der Waals surface area contributed by atoms with Gasteiger partial charge in [-0.2, -0.15) is 0 Å². The third-order valence-electron chi connectivity index (χ3n) is 0.570. The van der Waals surface area contributed by atoms with Gasteiger partial charge in [-0.1, -0.05) is 0 Å². The van der Waals surface area contributed by atoms with E-state index in [9.17, 15) is 5.21 Å². The number of hydrogen-bond acceptors (Lipinski definition) is 4. The van der Waals surface area contributed by atoms with Crippen molar-refractivity contribution < 1.29 is 0 Å². The first-order valence-corrected chi connectivity index (χ1v) is 1.85. The van der Waals surface area contributed by atoms with Gasteiger partial charge >= 0.3 is 0 Å². The average molecular weight is 92.5 g/mol. The molecule has 0 aliphatic carbocycles. The van der Waals surface area contributed by atoms with Crippen LogP contribution in [0.5, 0.6) is 0 Å². The second kappa shape index (κ2) is 2.37. The molecule has 0 atom stereocenters. The highest BCUT2D eigenvalue weighted by Crippen LogP contribution is 1.71. The van der Waals surface area contributed by atoms with Crippen molar-refractivity contribution in [1.82, 2.24) is 15.2 Å². The molecule has 0 unspecified atom stereocenters. The Morgan fingerprint density at radius 3 is 2.14 bits per heavy atom. The van der Waals surface area contributed by atoms with Gasteiger partial charge in [-0.3, -0.25) is 0 Å². The van der Waals surface area contributed by atoms with Crippen molar-refractivity contribution in [1.29, 1.82) is 0 Å². The highest BCUT2D eigenvalue weighted by Gasteiger charge is 2.02. The molecule has 1 aliphatic rings. The maximum Gasteiger partial charge on any atom is 0.284 e. The van der Waals surface area contributed by atoms with Crippen LogP contribution in [0.1, 0.15) is 0 Å². The van der Waals surface area contributed by atoms with E-state index in [1.54, 1.807) is 7.55 Å². The van der Waals surface area contributed by atoms with Gasteiger partial charge in [0.25, 0.3) is 22.6 Å². The summed E-state index contributed by atoms with van der Waals surface area (Å²) in [6.45, 7) is 0. The van der Waals surface area contributed by atoms with Crippen LogP contribution in [0.25, 0.3) is 0 Å². The molecule has 0 spiro atoms. The molecule has 0 saturated carbocycles. The highest BCUT2D eigenvalue weighted by atomic mass is 16.5. The molecule has 1 aliphatic heterocycles. The van der Waals surface area contributed by atoms with Crippen LogP contribution in [0.4, 0.5) is 0 Å². The molecule has 2 N–H and O–H groups in total. The number of nitrogens with zero attached hydrogens (tertiary/aromatic N) is 1. The summed E-state index contributed by atoms with van der Waals surface area (Å²) in [5, 5.41) is 15.2. The van der Waals surface area contributed by atoms with Crippen LogP contribution < -0.4 is 10.3 Å². The second-order valence-corrected chi connectivity index (χ2v) is 1.10. The Morgan fingerprint density at radius 2 is 1.86 bits per heavy atom. The molecular weight excluding hydrogens is 90.5 g/mol. The second-order valence-electron chi connectivity index (χ2n) is 1.10. The molecule has 0 amide bonds. The Bertz CT molecular complexity index is 52.1. The van der Waals surface area contributed by atoms with Crippen molar-refractivity contribution in [3.8, 4) is 0 Å². The quantitative estimate of drug-likeness (QED) is 0.327. The molecule has 1 fully saturated rings. The molecule has 4 nitrogen and oxygen atoms in total. The summed E-state index contributed by atoms with van der Waals surface area (Å²) in [6, 6.07) is 0. The van der Waals surface area contributed by atoms with Crippen molar-refractivity contribution in [3.63, 3.8) is 0 Å². The predicted octanol–water partition coefficient (Wildman–Crippen LogP) is -2.42. The summed E-state index contributed by atoms with van der Waals surface area (Å²) < 4.78 is 0. The van der Waals surface area contributed by atoms with E-state index in [2.05, 4.69) is 10.3 Å². The van der Waals surface area contributed by atoms with Gasteiger partial charge in [-0.05, 0) is 0 Å². The molecule has 3 radical (unpaired) electrons. The zero-order valence-electron chi connectivity index (χ0n) is 3.59. The number of nitrogens with one attached hydrogen (secondary N) is 2. The molecule has 1 saturated heterocycles. The fourth-order valence-electron chi connectivity index (χ4n) is 0.307. The van der Waals surface area contributed by atoms with Crippen LogP contribution in [-0.4, -0.2) is 27.5 Å². The fraction of sp³-hybridized carbons (Fsp3) is 0. The van der Waals surface area contributed by atoms with Gasteiger partial charge in [0.2, 0.25) is 0 Å². The SMILES string of the molecule is [O-]N1[B]N[B]N[B]1. The summed E-state index contributed by atoms with van der Waals surface area (Å²) in [7, 11) is 4.13. The fourth-order valence-corrected chi connectivity index (χ4v) is 0.307. The average Bonchev–Trinajstić information content (AvgIpc) is 1.69. The van der Waals surface area contributed by atoms with E-state index in [4.69, 9.17) is 0 Å². The predicted molar refractivity (Wildman–Crippen MR) is 28.7 cm³/mol. The van der Waals surface area contributed by atoms with Crippen molar-refractivity contribution in [3.05, 3.63) is 5.21 Å². The van der Waals surface area contributed by atoms with Crippen LogP contribution in [0.15, 0.2) is 0 Å². The molecular formula is H2B3N3O-. The zero-order valence-corrected chi connectivity index (χ0v) is 3.59. The molecule has 1 rings (SSSR count). The molecule has 7 heavy (non-hydrogen) atoms. The van der Waals surface area contributed by atoms with Gasteiger partial charge in [-0.15, -0.1) is 0 Å².